The molecule has 0 fully saturated rings. The Bertz CT molecular complexity index is 970. The fourth-order valence-electron chi connectivity index (χ4n) is 3.93. The van der Waals surface area contributed by atoms with Crippen LogP contribution in [-0.2, 0) is 9.47 Å². The standard InChI is InChI=1S/2C16H22O4.Mg/c2*1-2-3-4-5-6-9-12-20-16(19)14-11-8-7-10-13(14)15(17)18;/h2*7-8,10-11H,2-6,9,12H2,1H3,(H,17,18);/q;;+2/p-2. The Kier molecular flexibility index (Phi) is 22.1. The third-order valence-electron chi connectivity index (χ3n) is 6.20. The molecule has 0 aliphatic rings. The van der Waals surface area contributed by atoms with Crippen molar-refractivity contribution in [2.24, 2.45) is 0 Å². The van der Waals surface area contributed by atoms with Gasteiger partial charge in [0.1, 0.15) is 0 Å². The maximum absolute atomic E-state index is 11.8. The molecular formula is C32H42MgO8. The smallest absolute Gasteiger partial charge is 0.545 e. The number of rotatable bonds is 18. The minimum atomic E-state index is -1.36. The molecule has 9 heteroatoms. The number of ether oxygens (including phenoxy) is 2. The topological polar surface area (TPSA) is 133 Å². The number of esters is 2. The number of carbonyl (C=O) groups is 4. The molecule has 0 aliphatic heterocycles. The molecule has 41 heavy (non-hydrogen) atoms. The van der Waals surface area contributed by atoms with E-state index in [4.69, 9.17) is 9.47 Å². The molecule has 2 aromatic rings. The second kappa shape index (κ2) is 23.8. The molecule has 0 radical (unpaired) electrons. The Morgan fingerprint density at radius 1 is 0.512 bits per heavy atom. The summed E-state index contributed by atoms with van der Waals surface area (Å²) in [6.45, 7) is 4.98. The quantitative estimate of drug-likeness (QED) is 0.140. The number of carboxylic acids is 2. The zero-order valence-corrected chi connectivity index (χ0v) is 25.9. The van der Waals surface area contributed by atoms with Crippen LogP contribution in [0.5, 0.6) is 0 Å². The molecule has 8 nitrogen and oxygen atoms in total. The predicted molar refractivity (Wildman–Crippen MR) is 155 cm³/mol. The first-order valence-corrected chi connectivity index (χ1v) is 14.3. The van der Waals surface area contributed by atoms with E-state index in [-0.39, 0.29) is 45.3 Å². The zero-order chi connectivity index (χ0) is 29.6. The van der Waals surface area contributed by atoms with E-state index in [1.807, 2.05) is 0 Å². The fourth-order valence-corrected chi connectivity index (χ4v) is 3.93. The Morgan fingerprint density at radius 3 is 1.12 bits per heavy atom. The summed E-state index contributed by atoms with van der Waals surface area (Å²) in [7, 11) is 0. The molecule has 0 spiro atoms. The Labute approximate surface area is 260 Å². The second-order valence-corrected chi connectivity index (χ2v) is 9.47. The second-order valence-electron chi connectivity index (χ2n) is 9.47. The van der Waals surface area contributed by atoms with Crippen molar-refractivity contribution in [3.8, 4) is 0 Å². The Hall–Kier alpha value is -2.91. The normalized spacial score (nSPS) is 10.0. The molecule has 0 N–H and O–H groups in total. The molecule has 0 aromatic heterocycles. The maximum Gasteiger partial charge on any atom is 2.00 e. The van der Waals surface area contributed by atoms with E-state index in [0.29, 0.717) is 13.2 Å². The first-order valence-electron chi connectivity index (χ1n) is 14.3. The number of unbranched alkanes of at least 4 members (excludes halogenated alkanes) is 10. The first kappa shape index (κ1) is 38.1. The molecule has 0 aliphatic carbocycles. The van der Waals surface area contributed by atoms with Crippen molar-refractivity contribution in [1.29, 1.82) is 0 Å². The summed E-state index contributed by atoms with van der Waals surface area (Å²) in [6.07, 6.45) is 13.2. The average molecular weight is 579 g/mol. The van der Waals surface area contributed by atoms with Crippen molar-refractivity contribution in [3.05, 3.63) is 70.8 Å². The van der Waals surface area contributed by atoms with E-state index in [0.717, 1.165) is 38.5 Å². The van der Waals surface area contributed by atoms with Crippen LogP contribution in [0.4, 0.5) is 0 Å². The zero-order valence-electron chi connectivity index (χ0n) is 24.5. The van der Waals surface area contributed by atoms with E-state index in [2.05, 4.69) is 13.8 Å². The van der Waals surface area contributed by atoms with Gasteiger partial charge in [-0.25, -0.2) is 9.59 Å². The minimum absolute atomic E-state index is 0. The summed E-state index contributed by atoms with van der Waals surface area (Å²) in [4.78, 5) is 45.4. The summed E-state index contributed by atoms with van der Waals surface area (Å²) in [5.74, 6) is -3.93. The van der Waals surface area contributed by atoms with Crippen LogP contribution in [0.3, 0.4) is 0 Å². The minimum Gasteiger partial charge on any atom is -0.545 e. The number of aromatic carboxylic acids is 2. The summed E-state index contributed by atoms with van der Waals surface area (Å²) in [5, 5.41) is 21.8. The van der Waals surface area contributed by atoms with Gasteiger partial charge in [-0.2, -0.15) is 0 Å². The van der Waals surface area contributed by atoms with Crippen LogP contribution >= 0.6 is 0 Å². The van der Waals surface area contributed by atoms with Crippen LogP contribution in [0.25, 0.3) is 0 Å². The van der Waals surface area contributed by atoms with Crippen molar-refractivity contribution < 1.29 is 38.9 Å². The SMILES string of the molecule is CCCCCCCCOC(=O)c1ccccc1C(=O)[O-].CCCCCCCCOC(=O)c1ccccc1C(=O)[O-].[Mg+2]. The monoisotopic (exact) mass is 578 g/mol. The maximum atomic E-state index is 11.8. The van der Waals surface area contributed by atoms with Gasteiger partial charge in [0.15, 0.2) is 0 Å². The molecule has 0 saturated carbocycles. The Balaban J connectivity index is 0.000000762. The van der Waals surface area contributed by atoms with Gasteiger partial charge in [0.05, 0.1) is 36.3 Å². The van der Waals surface area contributed by atoms with Crippen LogP contribution < -0.4 is 10.2 Å². The van der Waals surface area contributed by atoms with Crippen LogP contribution in [-0.4, -0.2) is 60.1 Å². The largest absolute Gasteiger partial charge is 2.00 e. The summed E-state index contributed by atoms with van der Waals surface area (Å²) in [6, 6.07) is 11.9. The average Bonchev–Trinajstić information content (AvgIpc) is 2.96. The molecular weight excluding hydrogens is 537 g/mol. The molecule has 0 atom stereocenters. The van der Waals surface area contributed by atoms with Gasteiger partial charge in [-0.05, 0) is 25.0 Å². The molecule has 0 unspecified atom stereocenters. The van der Waals surface area contributed by atoms with Crippen molar-refractivity contribution in [2.45, 2.75) is 90.9 Å². The van der Waals surface area contributed by atoms with Crippen molar-refractivity contribution in [3.63, 3.8) is 0 Å². The van der Waals surface area contributed by atoms with Crippen LogP contribution in [0, 0.1) is 0 Å². The van der Waals surface area contributed by atoms with Crippen LogP contribution in [0.1, 0.15) is 132 Å². The van der Waals surface area contributed by atoms with Gasteiger partial charge in [0.2, 0.25) is 0 Å². The third-order valence-corrected chi connectivity index (χ3v) is 6.20. The Morgan fingerprint density at radius 2 is 0.805 bits per heavy atom. The first-order chi connectivity index (χ1) is 19.3. The molecule has 0 amide bonds. The van der Waals surface area contributed by atoms with E-state index >= 15 is 0 Å². The summed E-state index contributed by atoms with van der Waals surface area (Å²) < 4.78 is 10.2. The predicted octanol–water partition coefficient (Wildman–Crippen LogP) is 4.75. The van der Waals surface area contributed by atoms with E-state index in [1.54, 1.807) is 24.3 Å². The van der Waals surface area contributed by atoms with E-state index < -0.39 is 23.9 Å². The summed E-state index contributed by atoms with van der Waals surface area (Å²) >= 11 is 0. The summed E-state index contributed by atoms with van der Waals surface area (Å²) in [5.41, 5.74) is -0.141. The molecule has 0 heterocycles. The molecule has 0 bridgehead atoms. The van der Waals surface area contributed by atoms with E-state index in [9.17, 15) is 29.4 Å². The number of benzene rings is 2. The molecule has 2 aromatic carbocycles. The number of hydrogen-bond acceptors (Lipinski definition) is 8. The van der Waals surface area contributed by atoms with Gasteiger partial charge in [-0.3, -0.25) is 0 Å². The van der Waals surface area contributed by atoms with Gasteiger partial charge in [-0.1, -0.05) is 114 Å². The number of hydrogen-bond donors (Lipinski definition) is 0. The van der Waals surface area contributed by atoms with Gasteiger partial charge < -0.3 is 29.3 Å². The molecule has 0 saturated heterocycles. The molecule has 2 rings (SSSR count). The van der Waals surface area contributed by atoms with Gasteiger partial charge in [0, 0.05) is 11.1 Å². The van der Waals surface area contributed by atoms with Gasteiger partial charge in [-0.15, -0.1) is 0 Å². The molecule has 220 valence electrons. The van der Waals surface area contributed by atoms with Crippen molar-refractivity contribution >= 4 is 46.9 Å². The van der Waals surface area contributed by atoms with Gasteiger partial charge in [0.25, 0.3) is 0 Å². The van der Waals surface area contributed by atoms with Crippen LogP contribution in [0.15, 0.2) is 48.5 Å². The third kappa shape index (κ3) is 16.2. The number of carbonyl (C=O) groups excluding carboxylic acids is 4. The van der Waals surface area contributed by atoms with Crippen molar-refractivity contribution in [1.82, 2.24) is 0 Å². The van der Waals surface area contributed by atoms with Crippen molar-refractivity contribution in [2.75, 3.05) is 13.2 Å². The fraction of sp³-hybridized carbons (Fsp3) is 0.500. The number of carboxylic acid groups (broad SMARTS) is 2. The van der Waals surface area contributed by atoms with E-state index in [1.165, 1.54) is 62.8 Å². The van der Waals surface area contributed by atoms with Gasteiger partial charge >= 0.3 is 35.0 Å². The van der Waals surface area contributed by atoms with Crippen LogP contribution in [0.2, 0.25) is 0 Å².